The quantitative estimate of drug-likeness (QED) is 0.589. The van der Waals surface area contributed by atoms with Gasteiger partial charge >= 0.3 is 0 Å². The maximum atomic E-state index is 2.39. The van der Waals surface area contributed by atoms with Crippen molar-refractivity contribution in [2.75, 3.05) is 0 Å². The Balaban J connectivity index is 2.64. The third kappa shape index (κ3) is 1.51. The molecule has 0 bridgehead atoms. The van der Waals surface area contributed by atoms with Crippen molar-refractivity contribution in [3.05, 3.63) is 35.4 Å². The molecule has 1 aromatic rings. The lowest BCUT2D eigenvalue weighted by Crippen LogP contribution is -2.40. The molecule has 0 saturated carbocycles. The van der Waals surface area contributed by atoms with Crippen LogP contribution in [-0.2, 0) is 10.8 Å². The van der Waals surface area contributed by atoms with Gasteiger partial charge in [-0.3, -0.25) is 0 Å². The van der Waals surface area contributed by atoms with E-state index in [1.165, 1.54) is 6.42 Å². The Kier molecular flexibility index (Phi) is 2.22. The zero-order valence-electron chi connectivity index (χ0n) is 10.6. The van der Waals surface area contributed by atoms with Crippen LogP contribution in [0.25, 0.3) is 0 Å². The van der Waals surface area contributed by atoms with E-state index in [2.05, 4.69) is 58.9 Å². The molecule has 0 heterocycles. The molecule has 0 spiro atoms. The summed E-state index contributed by atoms with van der Waals surface area (Å²) in [5, 5.41) is 0. The topological polar surface area (TPSA) is 0 Å². The molecular formula is C15H22. The molecule has 0 heteroatoms. The fourth-order valence-electron chi connectivity index (χ4n) is 3.03. The van der Waals surface area contributed by atoms with Gasteiger partial charge in [0, 0.05) is 0 Å². The van der Waals surface area contributed by atoms with Crippen LogP contribution in [0.4, 0.5) is 0 Å². The Hall–Kier alpha value is -0.780. The van der Waals surface area contributed by atoms with Gasteiger partial charge in [-0.2, -0.15) is 0 Å². The maximum Gasteiger partial charge on any atom is -0.00747 e. The number of hydrogen-bond donors (Lipinski definition) is 0. The summed E-state index contributed by atoms with van der Waals surface area (Å²) in [5.41, 5.74) is 3.76. The van der Waals surface area contributed by atoms with Gasteiger partial charge in [-0.1, -0.05) is 58.9 Å². The standard InChI is InChI=1S/C15H22/c1-11-10-14(2,3)12-8-6-7-9-13(12)15(11,4)5/h6-9,11H,10H2,1-5H3. The van der Waals surface area contributed by atoms with E-state index in [4.69, 9.17) is 0 Å². The Labute approximate surface area is 93.7 Å². The Morgan fingerprint density at radius 3 is 2.13 bits per heavy atom. The lowest BCUT2D eigenvalue weighted by Gasteiger charge is -2.46. The second kappa shape index (κ2) is 3.10. The van der Waals surface area contributed by atoms with Crippen LogP contribution in [0.1, 0.15) is 52.2 Å². The number of rotatable bonds is 0. The van der Waals surface area contributed by atoms with Crippen LogP contribution >= 0.6 is 0 Å². The smallest absolute Gasteiger partial charge is 0.00747 e. The predicted octanol–water partition coefficient (Wildman–Crippen LogP) is 4.28. The average molecular weight is 202 g/mol. The van der Waals surface area contributed by atoms with Crippen molar-refractivity contribution in [1.82, 2.24) is 0 Å². The monoisotopic (exact) mass is 202 g/mol. The zero-order valence-corrected chi connectivity index (χ0v) is 10.6. The highest BCUT2D eigenvalue weighted by Gasteiger charge is 2.41. The molecule has 1 aliphatic rings. The molecule has 1 unspecified atom stereocenters. The molecule has 1 aromatic carbocycles. The van der Waals surface area contributed by atoms with Crippen LogP contribution in [0, 0.1) is 5.92 Å². The van der Waals surface area contributed by atoms with Gasteiger partial charge < -0.3 is 0 Å². The molecule has 0 N–H and O–H groups in total. The third-order valence-corrected chi connectivity index (χ3v) is 4.40. The van der Waals surface area contributed by atoms with Crippen molar-refractivity contribution >= 4 is 0 Å². The summed E-state index contributed by atoms with van der Waals surface area (Å²) >= 11 is 0. The summed E-state index contributed by atoms with van der Waals surface area (Å²) in [6.45, 7) is 11.9. The van der Waals surface area contributed by atoms with Crippen LogP contribution in [0.2, 0.25) is 0 Å². The minimum absolute atomic E-state index is 0.326. The van der Waals surface area contributed by atoms with Crippen LogP contribution in [0.5, 0.6) is 0 Å². The minimum atomic E-state index is 0.326. The number of benzene rings is 1. The van der Waals surface area contributed by atoms with Crippen molar-refractivity contribution in [2.24, 2.45) is 5.92 Å². The molecule has 0 radical (unpaired) electrons. The lowest BCUT2D eigenvalue weighted by atomic mass is 9.58. The van der Waals surface area contributed by atoms with E-state index in [-0.39, 0.29) is 0 Å². The summed E-state index contributed by atoms with van der Waals surface area (Å²) in [5.74, 6) is 0.752. The maximum absolute atomic E-state index is 2.39. The normalized spacial score (nSPS) is 27.1. The van der Waals surface area contributed by atoms with Gasteiger partial charge in [-0.25, -0.2) is 0 Å². The van der Waals surface area contributed by atoms with Crippen LogP contribution < -0.4 is 0 Å². The molecule has 1 aliphatic carbocycles. The molecule has 82 valence electrons. The van der Waals surface area contributed by atoms with Crippen LogP contribution in [0.15, 0.2) is 24.3 Å². The van der Waals surface area contributed by atoms with E-state index in [1.807, 2.05) is 0 Å². The average Bonchev–Trinajstić information content (AvgIpc) is 2.15. The zero-order chi connectivity index (χ0) is 11.3. The van der Waals surface area contributed by atoms with Gasteiger partial charge in [0.05, 0.1) is 0 Å². The van der Waals surface area contributed by atoms with E-state index < -0.39 is 0 Å². The molecule has 0 aliphatic heterocycles. The summed E-state index contributed by atoms with van der Waals surface area (Å²) in [6, 6.07) is 8.97. The second-order valence-electron chi connectivity index (χ2n) is 6.26. The molecule has 0 aromatic heterocycles. The fraction of sp³-hybridized carbons (Fsp3) is 0.600. The van der Waals surface area contributed by atoms with E-state index in [0.717, 1.165) is 5.92 Å². The largest absolute Gasteiger partial charge is 0.0620 e. The van der Waals surface area contributed by atoms with Crippen LogP contribution in [-0.4, -0.2) is 0 Å². The van der Waals surface area contributed by atoms with Crippen molar-refractivity contribution in [2.45, 2.75) is 51.9 Å². The van der Waals surface area contributed by atoms with Crippen molar-refractivity contribution in [1.29, 1.82) is 0 Å². The van der Waals surface area contributed by atoms with E-state index >= 15 is 0 Å². The number of fused-ring (bicyclic) bond motifs is 1. The fourth-order valence-corrected chi connectivity index (χ4v) is 3.03. The van der Waals surface area contributed by atoms with Gasteiger partial charge in [-0.15, -0.1) is 0 Å². The first-order chi connectivity index (χ1) is 6.86. The van der Waals surface area contributed by atoms with E-state index in [0.29, 0.717) is 10.8 Å². The second-order valence-corrected chi connectivity index (χ2v) is 6.26. The predicted molar refractivity (Wildman–Crippen MR) is 66.3 cm³/mol. The highest BCUT2D eigenvalue weighted by atomic mass is 14.4. The Morgan fingerprint density at radius 2 is 1.53 bits per heavy atom. The molecular weight excluding hydrogens is 180 g/mol. The highest BCUT2D eigenvalue weighted by Crippen LogP contribution is 2.48. The Bertz CT molecular complexity index is 371. The molecule has 1 atom stereocenters. The summed E-state index contributed by atoms with van der Waals surface area (Å²) < 4.78 is 0. The first-order valence-electron chi connectivity index (χ1n) is 5.96. The molecule has 0 saturated heterocycles. The van der Waals surface area contributed by atoms with Gasteiger partial charge in [0.15, 0.2) is 0 Å². The summed E-state index contributed by atoms with van der Waals surface area (Å²) in [7, 11) is 0. The third-order valence-electron chi connectivity index (χ3n) is 4.40. The van der Waals surface area contributed by atoms with Crippen molar-refractivity contribution in [3.63, 3.8) is 0 Å². The Morgan fingerprint density at radius 1 is 1.00 bits per heavy atom. The first kappa shape index (κ1) is 10.7. The van der Waals surface area contributed by atoms with Gasteiger partial charge in [0.1, 0.15) is 0 Å². The molecule has 0 fully saturated rings. The van der Waals surface area contributed by atoms with Crippen molar-refractivity contribution < 1.29 is 0 Å². The molecule has 0 amide bonds. The van der Waals surface area contributed by atoms with E-state index in [1.54, 1.807) is 11.1 Å². The lowest BCUT2D eigenvalue weighted by molar-refractivity contribution is 0.233. The highest BCUT2D eigenvalue weighted by molar-refractivity contribution is 5.41. The van der Waals surface area contributed by atoms with Crippen molar-refractivity contribution in [3.8, 4) is 0 Å². The van der Waals surface area contributed by atoms with Gasteiger partial charge in [0.25, 0.3) is 0 Å². The van der Waals surface area contributed by atoms with Gasteiger partial charge in [-0.05, 0) is 34.3 Å². The minimum Gasteiger partial charge on any atom is -0.0620 e. The summed E-state index contributed by atoms with van der Waals surface area (Å²) in [6.07, 6.45) is 1.29. The van der Waals surface area contributed by atoms with Gasteiger partial charge in [0.2, 0.25) is 0 Å². The SMILES string of the molecule is CC1CC(C)(C)c2ccccc2C1(C)C. The molecule has 2 rings (SSSR count). The summed E-state index contributed by atoms with van der Waals surface area (Å²) in [4.78, 5) is 0. The van der Waals surface area contributed by atoms with E-state index in [9.17, 15) is 0 Å². The molecule has 15 heavy (non-hydrogen) atoms. The number of hydrogen-bond acceptors (Lipinski definition) is 0. The molecule has 0 nitrogen and oxygen atoms in total. The van der Waals surface area contributed by atoms with Crippen LogP contribution in [0.3, 0.4) is 0 Å². The first-order valence-corrected chi connectivity index (χ1v) is 5.96.